The van der Waals surface area contributed by atoms with Crippen LogP contribution < -0.4 is 0 Å². The minimum absolute atomic E-state index is 0.0420. The molecule has 7 nitrogen and oxygen atoms in total. The molecular formula is C22H30N2O5. The molecule has 0 saturated heterocycles. The molecule has 0 spiro atoms. The Hall–Kier alpha value is -2.28. The van der Waals surface area contributed by atoms with Crippen molar-refractivity contribution in [2.75, 3.05) is 6.61 Å². The van der Waals surface area contributed by atoms with Crippen LogP contribution in [-0.2, 0) is 17.6 Å². The average Bonchev–Trinajstić information content (AvgIpc) is 3.06. The Balaban J connectivity index is 1.91. The molecule has 2 aliphatic carbocycles. The number of aromatic nitrogens is 1. The SMILES string of the molecule is CCC(CO)N=C(CCc1noc2c1C(=O)CCC2)C1=C(O)CC(C)(C)CC1=O. The van der Waals surface area contributed by atoms with Crippen LogP contribution in [0.3, 0.4) is 0 Å². The molecule has 1 heterocycles. The number of hydrogen-bond acceptors (Lipinski definition) is 7. The standard InChI is InChI=1S/C22H30N2O5/c1-4-13(12-25)23-14(20-17(27)10-22(2,3)11-18(20)28)8-9-15-21-16(26)6-5-7-19(21)29-24-15/h13,25,27H,4-12H2,1-3H3. The number of hydrogen-bond donors (Lipinski definition) is 2. The molecule has 1 aromatic heterocycles. The van der Waals surface area contributed by atoms with E-state index >= 15 is 0 Å². The highest BCUT2D eigenvalue weighted by Gasteiger charge is 2.35. The number of aliphatic hydroxyl groups excluding tert-OH is 2. The summed E-state index contributed by atoms with van der Waals surface area (Å²) in [6, 6.07) is -0.346. The molecular weight excluding hydrogens is 372 g/mol. The van der Waals surface area contributed by atoms with Crippen molar-refractivity contribution in [1.82, 2.24) is 5.16 Å². The van der Waals surface area contributed by atoms with E-state index in [1.807, 2.05) is 20.8 Å². The van der Waals surface area contributed by atoms with E-state index in [0.717, 1.165) is 6.42 Å². The van der Waals surface area contributed by atoms with Crippen LogP contribution in [0.2, 0.25) is 0 Å². The topological polar surface area (TPSA) is 113 Å². The highest BCUT2D eigenvalue weighted by atomic mass is 16.5. The van der Waals surface area contributed by atoms with Crippen LogP contribution in [0.4, 0.5) is 0 Å². The van der Waals surface area contributed by atoms with Crippen molar-refractivity contribution in [3.05, 3.63) is 28.3 Å². The number of carbonyl (C=O) groups excluding carboxylic acids is 2. The summed E-state index contributed by atoms with van der Waals surface area (Å²) in [6.45, 7) is 5.68. The Morgan fingerprint density at radius 3 is 2.66 bits per heavy atom. The Morgan fingerprint density at radius 1 is 1.24 bits per heavy atom. The van der Waals surface area contributed by atoms with E-state index in [9.17, 15) is 19.8 Å². The fourth-order valence-corrected chi connectivity index (χ4v) is 4.14. The lowest BCUT2D eigenvalue weighted by Gasteiger charge is -2.30. The molecule has 0 aliphatic heterocycles. The number of rotatable bonds is 7. The van der Waals surface area contributed by atoms with Crippen LogP contribution >= 0.6 is 0 Å². The summed E-state index contributed by atoms with van der Waals surface area (Å²) >= 11 is 0. The lowest BCUT2D eigenvalue weighted by molar-refractivity contribution is -0.118. The number of ketones is 2. The zero-order valence-corrected chi connectivity index (χ0v) is 17.5. The van der Waals surface area contributed by atoms with Crippen molar-refractivity contribution in [2.45, 2.75) is 78.2 Å². The summed E-state index contributed by atoms with van der Waals surface area (Å²) in [5.41, 5.74) is 1.59. The van der Waals surface area contributed by atoms with Crippen molar-refractivity contribution < 1.29 is 24.3 Å². The van der Waals surface area contributed by atoms with Crippen LogP contribution in [0, 0.1) is 5.41 Å². The molecule has 1 unspecified atom stereocenters. The molecule has 29 heavy (non-hydrogen) atoms. The molecule has 0 aromatic carbocycles. The molecule has 1 aromatic rings. The minimum Gasteiger partial charge on any atom is -0.511 e. The van der Waals surface area contributed by atoms with Gasteiger partial charge >= 0.3 is 0 Å². The predicted molar refractivity (Wildman–Crippen MR) is 108 cm³/mol. The Labute approximate surface area is 170 Å². The summed E-state index contributed by atoms with van der Waals surface area (Å²) in [6.07, 6.45) is 4.05. The monoisotopic (exact) mass is 402 g/mol. The van der Waals surface area contributed by atoms with Gasteiger partial charge in [-0.3, -0.25) is 14.6 Å². The first kappa shape index (κ1) is 21.4. The lowest BCUT2D eigenvalue weighted by atomic mass is 9.75. The van der Waals surface area contributed by atoms with E-state index in [0.29, 0.717) is 67.7 Å². The second kappa shape index (κ2) is 8.61. The van der Waals surface area contributed by atoms with Gasteiger partial charge in [-0.25, -0.2) is 0 Å². The quantitative estimate of drug-likeness (QED) is 0.675. The number of aliphatic imine (C=N–C) groups is 1. The molecule has 0 fully saturated rings. The van der Waals surface area contributed by atoms with E-state index in [1.165, 1.54) is 0 Å². The number of Topliss-reactive ketones (excluding diaryl/α,β-unsaturated/α-hetero) is 2. The van der Waals surface area contributed by atoms with E-state index < -0.39 is 0 Å². The molecule has 0 bridgehead atoms. The maximum absolute atomic E-state index is 12.8. The van der Waals surface area contributed by atoms with Crippen molar-refractivity contribution in [2.24, 2.45) is 10.4 Å². The molecule has 158 valence electrons. The number of fused-ring (bicyclic) bond motifs is 1. The predicted octanol–water partition coefficient (Wildman–Crippen LogP) is 3.54. The molecule has 2 N–H and O–H groups in total. The van der Waals surface area contributed by atoms with Gasteiger partial charge < -0.3 is 14.7 Å². The zero-order valence-electron chi connectivity index (χ0n) is 17.5. The number of aliphatic hydroxyl groups is 2. The van der Waals surface area contributed by atoms with Crippen molar-refractivity contribution >= 4 is 17.3 Å². The molecule has 0 radical (unpaired) electrons. The molecule has 3 rings (SSSR count). The van der Waals surface area contributed by atoms with Gasteiger partial charge in [-0.15, -0.1) is 0 Å². The first-order valence-corrected chi connectivity index (χ1v) is 10.4. The average molecular weight is 402 g/mol. The van der Waals surface area contributed by atoms with E-state index in [-0.39, 0.29) is 41.0 Å². The summed E-state index contributed by atoms with van der Waals surface area (Å²) in [7, 11) is 0. The number of allylic oxidation sites excluding steroid dienone is 2. The van der Waals surface area contributed by atoms with E-state index in [2.05, 4.69) is 10.1 Å². The fourth-order valence-electron chi connectivity index (χ4n) is 4.14. The summed E-state index contributed by atoms with van der Waals surface area (Å²) in [5.74, 6) is 0.592. The molecule has 2 aliphatic rings. The Kier molecular flexibility index (Phi) is 6.36. The normalized spacial score (nSPS) is 20.8. The molecule has 1 atom stereocenters. The van der Waals surface area contributed by atoms with Crippen LogP contribution in [0.1, 0.15) is 81.1 Å². The van der Waals surface area contributed by atoms with Gasteiger partial charge in [0, 0.05) is 31.4 Å². The van der Waals surface area contributed by atoms with Crippen LogP contribution in [-0.4, -0.2) is 45.3 Å². The van der Waals surface area contributed by atoms with Crippen molar-refractivity contribution in [3.63, 3.8) is 0 Å². The smallest absolute Gasteiger partial charge is 0.168 e. The van der Waals surface area contributed by atoms with Gasteiger partial charge in [0.1, 0.15) is 11.5 Å². The van der Waals surface area contributed by atoms with Crippen LogP contribution in [0.25, 0.3) is 0 Å². The zero-order chi connectivity index (χ0) is 21.2. The maximum atomic E-state index is 12.8. The summed E-state index contributed by atoms with van der Waals surface area (Å²) in [5, 5.41) is 24.3. The van der Waals surface area contributed by atoms with E-state index in [1.54, 1.807) is 0 Å². The highest BCUT2D eigenvalue weighted by Crippen LogP contribution is 2.37. The number of nitrogens with zero attached hydrogens (tertiary/aromatic N) is 2. The van der Waals surface area contributed by atoms with Crippen molar-refractivity contribution in [3.8, 4) is 0 Å². The van der Waals surface area contributed by atoms with Gasteiger partial charge in [0.05, 0.1) is 29.5 Å². The lowest BCUT2D eigenvalue weighted by Crippen LogP contribution is -2.30. The fraction of sp³-hybridized carbons (Fsp3) is 0.636. The van der Waals surface area contributed by atoms with Gasteiger partial charge in [0.2, 0.25) is 0 Å². The third-order valence-corrected chi connectivity index (χ3v) is 5.68. The van der Waals surface area contributed by atoms with Crippen LogP contribution in [0.15, 0.2) is 20.8 Å². The molecule has 0 amide bonds. The first-order valence-electron chi connectivity index (χ1n) is 10.4. The second-order valence-corrected chi connectivity index (χ2v) is 8.79. The molecule has 0 saturated carbocycles. The highest BCUT2D eigenvalue weighted by molar-refractivity contribution is 6.23. The van der Waals surface area contributed by atoms with Crippen molar-refractivity contribution in [1.29, 1.82) is 0 Å². The Bertz CT molecular complexity index is 859. The largest absolute Gasteiger partial charge is 0.511 e. The summed E-state index contributed by atoms with van der Waals surface area (Å²) in [4.78, 5) is 29.7. The number of carbonyl (C=O) groups is 2. The van der Waals surface area contributed by atoms with Gasteiger partial charge in [0.25, 0.3) is 0 Å². The third kappa shape index (κ3) is 4.66. The van der Waals surface area contributed by atoms with Gasteiger partial charge in [0.15, 0.2) is 11.6 Å². The number of aryl methyl sites for hydroxylation is 2. The first-order chi connectivity index (χ1) is 13.8. The van der Waals surface area contributed by atoms with Gasteiger partial charge in [-0.1, -0.05) is 25.9 Å². The van der Waals surface area contributed by atoms with Gasteiger partial charge in [-0.2, -0.15) is 0 Å². The minimum atomic E-state index is -0.346. The third-order valence-electron chi connectivity index (χ3n) is 5.68. The summed E-state index contributed by atoms with van der Waals surface area (Å²) < 4.78 is 5.35. The Morgan fingerprint density at radius 2 is 2.00 bits per heavy atom. The molecule has 7 heteroatoms. The second-order valence-electron chi connectivity index (χ2n) is 8.79. The maximum Gasteiger partial charge on any atom is 0.168 e. The van der Waals surface area contributed by atoms with Crippen LogP contribution in [0.5, 0.6) is 0 Å². The van der Waals surface area contributed by atoms with Gasteiger partial charge in [-0.05, 0) is 31.1 Å². The van der Waals surface area contributed by atoms with E-state index in [4.69, 9.17) is 4.52 Å².